The van der Waals surface area contributed by atoms with Crippen LogP contribution in [0.1, 0.15) is 45.9 Å². The first-order valence-corrected chi connectivity index (χ1v) is 12.7. The monoisotopic (exact) mass is 509 g/mol. The molecule has 0 bridgehead atoms. The third-order valence-electron chi connectivity index (χ3n) is 5.56. The molecule has 0 aliphatic heterocycles. The fourth-order valence-corrected chi connectivity index (χ4v) is 4.56. The summed E-state index contributed by atoms with van der Waals surface area (Å²) in [5.74, 6) is 1.94. The summed E-state index contributed by atoms with van der Waals surface area (Å²) in [6.45, 7) is 10.3. The van der Waals surface area contributed by atoms with Crippen molar-refractivity contribution >= 4 is 28.3 Å². The van der Waals surface area contributed by atoms with Crippen LogP contribution in [0.15, 0.2) is 52.3 Å². The third-order valence-corrected chi connectivity index (χ3v) is 6.42. The maximum absolute atomic E-state index is 12.1. The molecule has 4 aromatic rings. The van der Waals surface area contributed by atoms with E-state index in [1.165, 1.54) is 0 Å². The topological polar surface area (TPSA) is 80.0 Å². The lowest BCUT2D eigenvalue weighted by atomic mass is 9.93. The van der Waals surface area contributed by atoms with Crippen molar-refractivity contribution in [2.45, 2.75) is 52.7 Å². The molecule has 1 unspecified atom stereocenters. The molecule has 8 heteroatoms. The van der Waals surface area contributed by atoms with E-state index in [1.807, 2.05) is 36.4 Å². The van der Waals surface area contributed by atoms with Crippen LogP contribution in [0.25, 0.3) is 21.7 Å². The van der Waals surface area contributed by atoms with E-state index in [4.69, 9.17) is 28.3 Å². The summed E-state index contributed by atoms with van der Waals surface area (Å²) in [6, 6.07) is 13.2. The summed E-state index contributed by atoms with van der Waals surface area (Å²) in [5, 5.41) is 3.86. The summed E-state index contributed by atoms with van der Waals surface area (Å²) < 4.78 is 28.6. The molecule has 0 aliphatic carbocycles. The van der Waals surface area contributed by atoms with Crippen molar-refractivity contribution in [2.75, 3.05) is 13.7 Å². The number of hydrogen-bond acceptors (Lipinski definition) is 8. The fourth-order valence-electron chi connectivity index (χ4n) is 3.56. The Balaban J connectivity index is 1.52. The number of rotatable bonds is 9. The van der Waals surface area contributed by atoms with Gasteiger partial charge < -0.3 is 23.4 Å². The van der Waals surface area contributed by atoms with E-state index in [0.717, 1.165) is 33.0 Å². The number of nitrogens with zero attached hydrogens (tertiary/aromatic N) is 1. The first kappa shape index (κ1) is 25.6. The summed E-state index contributed by atoms with van der Waals surface area (Å²) in [4.78, 5) is 16.8. The highest BCUT2D eigenvalue weighted by Crippen LogP contribution is 2.36. The highest BCUT2D eigenvalue weighted by molar-refractivity contribution is 7.13. The van der Waals surface area contributed by atoms with Gasteiger partial charge in [-0.25, -0.2) is 9.78 Å². The number of methoxy groups -OCH3 is 1. The van der Waals surface area contributed by atoms with Gasteiger partial charge in [-0.2, -0.15) is 0 Å². The molecule has 2 aromatic heterocycles. The van der Waals surface area contributed by atoms with Crippen LogP contribution in [0.2, 0.25) is 0 Å². The van der Waals surface area contributed by atoms with Gasteiger partial charge in [-0.3, -0.25) is 0 Å². The zero-order chi connectivity index (χ0) is 25.9. The predicted molar refractivity (Wildman–Crippen MR) is 140 cm³/mol. The molecule has 4 rings (SSSR count). The van der Waals surface area contributed by atoms with Crippen LogP contribution in [0.4, 0.5) is 0 Å². The van der Waals surface area contributed by atoms with Crippen molar-refractivity contribution in [3.8, 4) is 28.0 Å². The van der Waals surface area contributed by atoms with Crippen LogP contribution in [0, 0.1) is 0 Å². The van der Waals surface area contributed by atoms with Gasteiger partial charge in [0.15, 0.2) is 28.4 Å². The van der Waals surface area contributed by atoms with Crippen LogP contribution in [0.3, 0.4) is 0 Å². The SMILES string of the molecule is CCOC(=O)C(C)Oc1c(COc2ccc3oc(-c4nc(C(C)(C)C)cs4)cc3c2)cccc1OC. The van der Waals surface area contributed by atoms with E-state index in [0.29, 0.717) is 17.2 Å². The number of carbonyl (C=O) groups is 1. The summed E-state index contributed by atoms with van der Waals surface area (Å²) in [5.41, 5.74) is 2.54. The van der Waals surface area contributed by atoms with Gasteiger partial charge in [-0.15, -0.1) is 11.3 Å². The molecule has 7 nitrogen and oxygen atoms in total. The normalized spacial score (nSPS) is 12.4. The Labute approximate surface area is 215 Å². The number of benzene rings is 2. The second-order valence-corrected chi connectivity index (χ2v) is 10.2. The Morgan fingerprint density at radius 1 is 1.17 bits per heavy atom. The van der Waals surface area contributed by atoms with E-state index >= 15 is 0 Å². The summed E-state index contributed by atoms with van der Waals surface area (Å²) >= 11 is 1.58. The molecule has 2 heterocycles. The van der Waals surface area contributed by atoms with Crippen molar-refractivity contribution in [2.24, 2.45) is 0 Å². The van der Waals surface area contributed by atoms with E-state index in [2.05, 4.69) is 26.2 Å². The summed E-state index contributed by atoms with van der Waals surface area (Å²) in [7, 11) is 1.55. The van der Waals surface area contributed by atoms with Crippen molar-refractivity contribution in [3.05, 3.63) is 59.1 Å². The molecule has 2 aromatic carbocycles. The van der Waals surface area contributed by atoms with Gasteiger partial charge in [0.2, 0.25) is 0 Å². The summed E-state index contributed by atoms with van der Waals surface area (Å²) in [6.07, 6.45) is -0.787. The van der Waals surface area contributed by atoms with Crippen molar-refractivity contribution in [3.63, 3.8) is 0 Å². The Morgan fingerprint density at radius 3 is 2.67 bits per heavy atom. The molecule has 0 aliphatic rings. The second kappa shape index (κ2) is 10.6. The number of thiazole rings is 1. The standard InChI is InChI=1S/C28H31NO6S/c1-7-32-27(30)17(2)34-25-18(9-8-10-22(25)31-6)15-33-20-11-12-21-19(13-20)14-23(35-21)26-29-24(16-36-26)28(3,4)5/h8-14,16-17H,7,15H2,1-6H3. The molecule has 1 atom stereocenters. The maximum atomic E-state index is 12.1. The van der Waals surface area contributed by atoms with Gasteiger partial charge in [-0.1, -0.05) is 32.9 Å². The number of hydrogen-bond donors (Lipinski definition) is 0. The minimum Gasteiger partial charge on any atom is -0.493 e. The molecule has 0 saturated heterocycles. The van der Waals surface area contributed by atoms with Gasteiger partial charge >= 0.3 is 5.97 Å². The second-order valence-electron chi connectivity index (χ2n) is 9.35. The molecule has 0 amide bonds. The smallest absolute Gasteiger partial charge is 0.347 e. The van der Waals surface area contributed by atoms with E-state index in [9.17, 15) is 4.79 Å². The molecule has 0 spiro atoms. The molecular weight excluding hydrogens is 478 g/mol. The number of esters is 1. The number of para-hydroxylation sites is 1. The van der Waals surface area contributed by atoms with Crippen LogP contribution < -0.4 is 14.2 Å². The Morgan fingerprint density at radius 2 is 1.97 bits per heavy atom. The quantitative estimate of drug-likeness (QED) is 0.230. The largest absolute Gasteiger partial charge is 0.493 e. The van der Waals surface area contributed by atoms with Gasteiger partial charge in [0.05, 0.1) is 19.4 Å². The maximum Gasteiger partial charge on any atom is 0.347 e. The highest BCUT2D eigenvalue weighted by Gasteiger charge is 2.21. The zero-order valence-corrected chi connectivity index (χ0v) is 22.2. The molecule has 0 saturated carbocycles. The van der Waals surface area contributed by atoms with Gasteiger partial charge in [0.25, 0.3) is 0 Å². The first-order chi connectivity index (χ1) is 17.2. The van der Waals surface area contributed by atoms with Crippen LogP contribution in [0.5, 0.6) is 17.2 Å². The van der Waals surface area contributed by atoms with Crippen LogP contribution in [-0.2, 0) is 21.6 Å². The highest BCUT2D eigenvalue weighted by atomic mass is 32.1. The fraction of sp³-hybridized carbons (Fsp3) is 0.357. The Bertz CT molecular complexity index is 1350. The van der Waals surface area contributed by atoms with Crippen molar-refractivity contribution < 1.29 is 28.2 Å². The number of aromatic nitrogens is 1. The minimum absolute atomic E-state index is 0.0153. The van der Waals surface area contributed by atoms with Gasteiger partial charge in [-0.05, 0) is 44.2 Å². The van der Waals surface area contributed by atoms with Gasteiger partial charge in [0.1, 0.15) is 17.9 Å². The molecule has 0 fully saturated rings. The average molecular weight is 510 g/mol. The molecule has 36 heavy (non-hydrogen) atoms. The third kappa shape index (κ3) is 5.65. The lowest BCUT2D eigenvalue weighted by Crippen LogP contribution is -2.26. The van der Waals surface area contributed by atoms with Gasteiger partial charge in [0, 0.05) is 21.7 Å². The van der Waals surface area contributed by atoms with Crippen LogP contribution >= 0.6 is 11.3 Å². The van der Waals surface area contributed by atoms with Crippen LogP contribution in [-0.4, -0.2) is 30.8 Å². The number of carbonyl (C=O) groups excluding carboxylic acids is 1. The Hall–Kier alpha value is -3.52. The first-order valence-electron chi connectivity index (χ1n) is 11.8. The average Bonchev–Trinajstić information content (AvgIpc) is 3.50. The molecule has 0 radical (unpaired) electrons. The molecular formula is C28H31NO6S. The number of ether oxygens (including phenoxy) is 4. The van der Waals surface area contributed by atoms with Crippen molar-refractivity contribution in [1.82, 2.24) is 4.98 Å². The van der Waals surface area contributed by atoms with E-state index in [-0.39, 0.29) is 18.6 Å². The predicted octanol–water partition coefficient (Wildman–Crippen LogP) is 6.77. The lowest BCUT2D eigenvalue weighted by Gasteiger charge is -2.19. The minimum atomic E-state index is -0.787. The van der Waals surface area contributed by atoms with E-state index in [1.54, 1.807) is 38.4 Å². The molecule has 190 valence electrons. The zero-order valence-electron chi connectivity index (χ0n) is 21.4. The van der Waals surface area contributed by atoms with Crippen molar-refractivity contribution in [1.29, 1.82) is 0 Å². The lowest BCUT2D eigenvalue weighted by molar-refractivity contribution is -0.150. The molecule has 0 N–H and O–H groups in total. The van der Waals surface area contributed by atoms with E-state index < -0.39 is 12.1 Å². The Kier molecular flexibility index (Phi) is 7.54. The number of fused-ring (bicyclic) bond motifs is 1. The number of furan rings is 1.